The van der Waals surface area contributed by atoms with Gasteiger partial charge in [0.25, 0.3) is 6.43 Å². The summed E-state index contributed by atoms with van der Waals surface area (Å²) < 4.78 is 26.6. The van der Waals surface area contributed by atoms with Crippen LogP contribution in [0.4, 0.5) is 8.78 Å². The molecule has 0 amide bonds. The van der Waals surface area contributed by atoms with Crippen LogP contribution in [-0.2, 0) is 45.7 Å². The number of hydrogen-bond donors (Lipinski definition) is 0. The zero-order valence-corrected chi connectivity index (χ0v) is 14.9. The minimum absolute atomic E-state index is 0. The van der Waals surface area contributed by atoms with E-state index >= 15 is 0 Å². The van der Waals surface area contributed by atoms with Crippen molar-refractivity contribution in [3.63, 3.8) is 0 Å². The molecule has 1 heterocycles. The Balaban J connectivity index is 0.00000220. The number of hydrogen-bond acceptors (Lipinski definition) is 1. The van der Waals surface area contributed by atoms with Crippen molar-refractivity contribution in [2.24, 2.45) is 0 Å². The third-order valence-corrected chi connectivity index (χ3v) is 3.25. The second-order valence-corrected chi connectivity index (χ2v) is 4.64. The molecule has 109 valence electrons. The summed E-state index contributed by atoms with van der Waals surface area (Å²) in [5.74, 6) is 0. The van der Waals surface area contributed by atoms with Crippen molar-refractivity contribution in [3.05, 3.63) is 57.9 Å². The topological polar surface area (TPSA) is 22.0 Å². The van der Waals surface area contributed by atoms with Crippen molar-refractivity contribution in [2.45, 2.75) is 33.2 Å². The second-order valence-electron chi connectivity index (χ2n) is 4.64. The number of aromatic nitrogens is 1. The van der Waals surface area contributed by atoms with Crippen LogP contribution in [0.3, 0.4) is 0 Å². The summed E-state index contributed by atoms with van der Waals surface area (Å²) in [5.41, 5.74) is 2.26. The Kier molecular flexibility index (Phi) is 6.88. The van der Waals surface area contributed by atoms with Crippen LogP contribution in [-0.4, -0.2) is 11.0 Å². The second kappa shape index (κ2) is 7.95. The third kappa shape index (κ3) is 4.07. The van der Waals surface area contributed by atoms with E-state index in [0.29, 0.717) is 11.3 Å². The first-order chi connectivity index (χ1) is 9.54. The van der Waals surface area contributed by atoms with Crippen LogP contribution < -0.4 is 5.56 Å². The smallest absolute Gasteiger partial charge is 0.256 e. The van der Waals surface area contributed by atoms with E-state index in [2.05, 4.69) is 6.07 Å². The summed E-state index contributed by atoms with van der Waals surface area (Å²) in [6.45, 7) is 2.99. The van der Waals surface area contributed by atoms with E-state index in [4.69, 9.17) is 0 Å². The molecule has 1 aromatic heterocycles. The summed E-state index contributed by atoms with van der Waals surface area (Å²) in [7, 11) is 0. The van der Waals surface area contributed by atoms with E-state index in [9.17, 15) is 13.6 Å². The molecule has 5 heteroatoms. The molecule has 0 N–H and O–H groups in total. The molecule has 2 rings (SSSR count). The Morgan fingerprint density at radius 2 is 1.95 bits per heavy atom. The predicted molar refractivity (Wildman–Crippen MR) is 75.1 cm³/mol. The first-order valence-electron chi connectivity index (χ1n) is 6.53. The molecule has 0 spiro atoms. The van der Waals surface area contributed by atoms with Gasteiger partial charge in [0.05, 0.1) is 6.54 Å². The van der Waals surface area contributed by atoms with Gasteiger partial charge in [0.15, 0.2) is 5.56 Å². The Morgan fingerprint density at radius 1 is 1.29 bits per heavy atom. The molecule has 2 nitrogen and oxygen atoms in total. The summed E-state index contributed by atoms with van der Waals surface area (Å²) in [6, 6.07) is 12.0. The normalized spacial score (nSPS) is 10.5. The standard InChI is InChI=1S/C16H16F2NO.Y/c1-3-12-6-4-5-7-13(12)14-9-8-11(2)16(20)19(14)10-15(17)18;/h4-8,15H,3,10H2,1-2H3;/q-1;. The molecule has 1 aromatic carbocycles. The van der Waals surface area contributed by atoms with Crippen LogP contribution in [0.25, 0.3) is 11.3 Å². The van der Waals surface area contributed by atoms with Gasteiger partial charge in [-0.3, -0.25) is 4.79 Å². The first kappa shape index (κ1) is 18.2. The van der Waals surface area contributed by atoms with E-state index in [-0.39, 0.29) is 38.3 Å². The van der Waals surface area contributed by atoms with E-state index in [1.807, 2.05) is 31.2 Å². The molecule has 0 saturated heterocycles. The molecule has 0 fully saturated rings. The van der Waals surface area contributed by atoms with Gasteiger partial charge in [0, 0.05) is 32.7 Å². The van der Waals surface area contributed by atoms with Crippen molar-refractivity contribution in [1.82, 2.24) is 4.57 Å². The fourth-order valence-electron chi connectivity index (χ4n) is 2.23. The molecule has 0 aliphatic carbocycles. The average molecular weight is 365 g/mol. The molecular weight excluding hydrogens is 349 g/mol. The van der Waals surface area contributed by atoms with Gasteiger partial charge in [0.1, 0.15) is 0 Å². The van der Waals surface area contributed by atoms with Gasteiger partial charge in [-0.1, -0.05) is 54.4 Å². The van der Waals surface area contributed by atoms with E-state index in [1.54, 1.807) is 13.0 Å². The van der Waals surface area contributed by atoms with Crippen molar-refractivity contribution < 1.29 is 41.5 Å². The van der Waals surface area contributed by atoms with Crippen molar-refractivity contribution in [1.29, 1.82) is 0 Å². The SMILES string of the molecule is CCc1ccccc1-c1[c-]cc(C)c(=O)n1CC(F)F.[Y]. The molecule has 2 aromatic rings. The number of benzene rings is 1. The number of pyridine rings is 1. The van der Waals surface area contributed by atoms with Gasteiger partial charge >= 0.3 is 0 Å². The molecule has 0 unspecified atom stereocenters. The molecule has 21 heavy (non-hydrogen) atoms. The predicted octanol–water partition coefficient (Wildman–Crippen LogP) is 3.45. The Bertz CT molecular complexity index is 668. The van der Waals surface area contributed by atoms with Gasteiger partial charge in [0.2, 0.25) is 0 Å². The number of halogens is 2. The minimum Gasteiger partial charge on any atom is -0.336 e. The zero-order chi connectivity index (χ0) is 14.7. The van der Waals surface area contributed by atoms with Crippen LogP contribution in [0.15, 0.2) is 35.1 Å². The Labute approximate surface area is 148 Å². The number of alkyl halides is 2. The molecule has 0 aliphatic heterocycles. The van der Waals surface area contributed by atoms with Gasteiger partial charge in [-0.25, -0.2) is 8.78 Å². The Hall–Kier alpha value is -0.866. The average Bonchev–Trinajstić information content (AvgIpc) is 2.44. The quantitative estimate of drug-likeness (QED) is 0.761. The molecule has 0 bridgehead atoms. The van der Waals surface area contributed by atoms with Gasteiger partial charge in [-0.2, -0.15) is 12.1 Å². The summed E-state index contributed by atoms with van der Waals surface area (Å²) >= 11 is 0. The maximum absolute atomic E-state index is 12.7. The Morgan fingerprint density at radius 3 is 2.57 bits per heavy atom. The molecule has 1 radical (unpaired) electrons. The van der Waals surface area contributed by atoms with Crippen LogP contribution in [0, 0.1) is 13.0 Å². The summed E-state index contributed by atoms with van der Waals surface area (Å²) in [4.78, 5) is 12.1. The van der Waals surface area contributed by atoms with Crippen LogP contribution >= 0.6 is 0 Å². The van der Waals surface area contributed by atoms with Crippen LogP contribution in [0.5, 0.6) is 0 Å². The van der Waals surface area contributed by atoms with Crippen molar-refractivity contribution in [2.75, 3.05) is 0 Å². The largest absolute Gasteiger partial charge is 0.336 e. The number of aryl methyl sites for hydroxylation is 2. The summed E-state index contributed by atoms with van der Waals surface area (Å²) in [5, 5.41) is 0. The van der Waals surface area contributed by atoms with Gasteiger partial charge < -0.3 is 4.57 Å². The van der Waals surface area contributed by atoms with Crippen LogP contribution in [0.1, 0.15) is 18.1 Å². The van der Waals surface area contributed by atoms with E-state index in [0.717, 1.165) is 22.1 Å². The summed E-state index contributed by atoms with van der Waals surface area (Å²) in [6.07, 6.45) is -1.81. The van der Waals surface area contributed by atoms with Gasteiger partial charge in [-0.15, -0.1) is 6.07 Å². The van der Waals surface area contributed by atoms with E-state index in [1.165, 1.54) is 0 Å². The molecule has 0 aliphatic rings. The third-order valence-electron chi connectivity index (χ3n) is 3.25. The zero-order valence-electron chi connectivity index (χ0n) is 12.1. The maximum Gasteiger partial charge on any atom is 0.256 e. The first-order valence-corrected chi connectivity index (χ1v) is 6.53. The number of rotatable bonds is 4. The molecule has 0 atom stereocenters. The fourth-order valence-corrected chi connectivity index (χ4v) is 2.23. The molecule has 0 saturated carbocycles. The van der Waals surface area contributed by atoms with Crippen LogP contribution in [0.2, 0.25) is 0 Å². The maximum atomic E-state index is 12.7. The fraction of sp³-hybridized carbons (Fsp3) is 0.312. The van der Waals surface area contributed by atoms with Crippen molar-refractivity contribution >= 4 is 0 Å². The van der Waals surface area contributed by atoms with Gasteiger partial charge in [-0.05, 0) is 6.42 Å². The monoisotopic (exact) mass is 365 g/mol. The molecular formula is C16H16F2NOY-. The van der Waals surface area contributed by atoms with E-state index < -0.39 is 13.0 Å². The number of nitrogens with zero attached hydrogens (tertiary/aromatic N) is 1. The minimum atomic E-state index is -2.57. The van der Waals surface area contributed by atoms with Crippen molar-refractivity contribution in [3.8, 4) is 11.3 Å².